The third-order valence-electron chi connectivity index (χ3n) is 2.46. The van der Waals surface area contributed by atoms with Gasteiger partial charge in [-0.1, -0.05) is 13.8 Å². The smallest absolute Gasteiger partial charge is 0.320 e. The van der Waals surface area contributed by atoms with Crippen LogP contribution in [-0.4, -0.2) is 80.0 Å². The number of carboxylic acid groups (broad SMARTS) is 1. The number of aliphatic carboxylic acids is 1. The first-order chi connectivity index (χ1) is 9.58. The molecular formula is C12H25NO8. The molecule has 0 amide bonds. The van der Waals surface area contributed by atoms with Crippen molar-refractivity contribution in [1.82, 2.24) is 0 Å². The Morgan fingerprint density at radius 1 is 1.14 bits per heavy atom. The predicted octanol–water partition coefficient (Wildman–Crippen LogP) is -2.93. The summed E-state index contributed by atoms with van der Waals surface area (Å²) >= 11 is 0. The second-order valence-electron chi connectivity index (χ2n) is 4.93. The molecule has 0 aliphatic carbocycles. The lowest BCUT2D eigenvalue weighted by molar-refractivity contribution is -0.139. The Balaban J connectivity index is 0. The Hall–Kier alpha value is -1.10. The Bertz CT molecular complexity index is 299. The standard InChI is InChI=1S/C6H13NO2.C6H12O6/c1-4(2)3-5(7)6(8)9;7-1-3(9)5(11)6(12)4(10)2-8/h4-5H,3,7H2,1-2H3,(H,8,9);1,3-6,8-12H,2H2/t5-;3-,4+,5+,6-/m00/s1. The van der Waals surface area contributed by atoms with Gasteiger partial charge in [-0.2, -0.15) is 0 Å². The normalized spacial score (nSPS) is 18.0. The lowest BCUT2D eigenvalue weighted by Gasteiger charge is -2.22. The summed E-state index contributed by atoms with van der Waals surface area (Å²) in [6, 6.07) is -0.690. The van der Waals surface area contributed by atoms with Crippen LogP contribution in [0.3, 0.4) is 0 Å². The minimum Gasteiger partial charge on any atom is -0.480 e. The molecule has 0 radical (unpaired) electrons. The number of nitrogens with two attached hydrogens (primary N) is 1. The molecule has 9 heteroatoms. The first kappa shape index (κ1) is 22.2. The summed E-state index contributed by atoms with van der Waals surface area (Å²) in [7, 11) is 0. The summed E-state index contributed by atoms with van der Waals surface area (Å²) in [4.78, 5) is 20.0. The molecule has 0 unspecified atom stereocenters. The highest BCUT2D eigenvalue weighted by atomic mass is 16.4. The zero-order valence-electron chi connectivity index (χ0n) is 12.0. The fourth-order valence-corrected chi connectivity index (χ4v) is 1.23. The zero-order valence-corrected chi connectivity index (χ0v) is 12.0. The van der Waals surface area contributed by atoms with Crippen molar-refractivity contribution in [2.75, 3.05) is 6.61 Å². The molecule has 0 aromatic heterocycles. The van der Waals surface area contributed by atoms with E-state index in [1.54, 1.807) is 0 Å². The Morgan fingerprint density at radius 2 is 1.62 bits per heavy atom. The van der Waals surface area contributed by atoms with Gasteiger partial charge in [0.05, 0.1) is 6.61 Å². The summed E-state index contributed by atoms with van der Waals surface area (Å²) < 4.78 is 0. The summed E-state index contributed by atoms with van der Waals surface area (Å²) in [5.41, 5.74) is 5.22. The molecular weight excluding hydrogens is 286 g/mol. The number of rotatable bonds is 8. The van der Waals surface area contributed by atoms with Crippen LogP contribution in [0.4, 0.5) is 0 Å². The molecule has 0 aromatic carbocycles. The number of carbonyl (C=O) groups excluding carboxylic acids is 1. The summed E-state index contributed by atoms with van der Waals surface area (Å²) in [6.07, 6.45) is -6.29. The lowest BCUT2D eigenvalue weighted by Crippen LogP contribution is -2.46. The molecule has 0 rings (SSSR count). The van der Waals surface area contributed by atoms with Gasteiger partial charge in [-0.15, -0.1) is 0 Å². The van der Waals surface area contributed by atoms with Crippen molar-refractivity contribution in [2.45, 2.75) is 50.7 Å². The average Bonchev–Trinajstić information content (AvgIpc) is 2.43. The molecule has 126 valence electrons. The van der Waals surface area contributed by atoms with Gasteiger partial charge in [0.1, 0.15) is 30.5 Å². The maximum Gasteiger partial charge on any atom is 0.320 e. The Kier molecular flexibility index (Phi) is 12.2. The summed E-state index contributed by atoms with van der Waals surface area (Å²) in [5, 5.41) is 51.8. The number of carboxylic acids is 1. The number of carbonyl (C=O) groups is 2. The van der Waals surface area contributed by atoms with Crippen molar-refractivity contribution >= 4 is 12.3 Å². The van der Waals surface area contributed by atoms with Crippen LogP contribution in [0.25, 0.3) is 0 Å². The van der Waals surface area contributed by atoms with Crippen molar-refractivity contribution in [3.8, 4) is 0 Å². The van der Waals surface area contributed by atoms with Crippen LogP contribution in [0.5, 0.6) is 0 Å². The molecule has 0 aliphatic rings. The highest BCUT2D eigenvalue weighted by molar-refractivity contribution is 5.72. The molecule has 0 saturated heterocycles. The van der Waals surface area contributed by atoms with E-state index in [2.05, 4.69) is 0 Å². The summed E-state index contributed by atoms with van der Waals surface area (Å²) in [6.45, 7) is 3.13. The van der Waals surface area contributed by atoms with E-state index in [9.17, 15) is 9.59 Å². The molecule has 0 heterocycles. The van der Waals surface area contributed by atoms with Gasteiger partial charge in [-0.05, 0) is 12.3 Å². The van der Waals surface area contributed by atoms with E-state index in [-0.39, 0.29) is 6.29 Å². The van der Waals surface area contributed by atoms with Crippen LogP contribution in [0, 0.1) is 5.92 Å². The molecule has 0 aliphatic heterocycles. The third-order valence-corrected chi connectivity index (χ3v) is 2.46. The molecule has 5 atom stereocenters. The van der Waals surface area contributed by atoms with Gasteiger partial charge < -0.3 is 41.2 Å². The fraction of sp³-hybridized carbons (Fsp3) is 0.833. The Morgan fingerprint density at radius 3 is 1.86 bits per heavy atom. The molecule has 21 heavy (non-hydrogen) atoms. The van der Waals surface area contributed by atoms with E-state index >= 15 is 0 Å². The monoisotopic (exact) mass is 311 g/mol. The van der Waals surface area contributed by atoms with E-state index in [0.717, 1.165) is 0 Å². The molecule has 0 aromatic rings. The van der Waals surface area contributed by atoms with Crippen LogP contribution in [-0.2, 0) is 9.59 Å². The van der Waals surface area contributed by atoms with E-state index in [1.807, 2.05) is 13.8 Å². The van der Waals surface area contributed by atoms with Crippen LogP contribution in [0.2, 0.25) is 0 Å². The van der Waals surface area contributed by atoms with Gasteiger partial charge in [-0.3, -0.25) is 4.79 Å². The van der Waals surface area contributed by atoms with Crippen LogP contribution in [0.15, 0.2) is 0 Å². The second kappa shape index (κ2) is 11.5. The predicted molar refractivity (Wildman–Crippen MR) is 72.2 cm³/mol. The minimum absolute atomic E-state index is 0.0258. The highest BCUT2D eigenvalue weighted by Crippen LogP contribution is 2.03. The SMILES string of the molecule is CC(C)C[C@H](N)C(=O)O.O=C[C@H](O)[C@@H](O)[C@@H](O)[C@H](O)CO. The van der Waals surface area contributed by atoms with Gasteiger partial charge in [0.25, 0.3) is 0 Å². The fourth-order valence-electron chi connectivity index (χ4n) is 1.23. The van der Waals surface area contributed by atoms with E-state index in [0.29, 0.717) is 12.3 Å². The maximum absolute atomic E-state index is 10.1. The number of aldehydes is 1. The highest BCUT2D eigenvalue weighted by Gasteiger charge is 2.29. The molecule has 8 N–H and O–H groups in total. The average molecular weight is 311 g/mol. The quantitative estimate of drug-likeness (QED) is 0.231. The van der Waals surface area contributed by atoms with Crippen molar-refractivity contribution in [2.24, 2.45) is 11.7 Å². The van der Waals surface area contributed by atoms with Gasteiger partial charge in [0.15, 0.2) is 6.29 Å². The molecule has 0 bridgehead atoms. The van der Waals surface area contributed by atoms with Gasteiger partial charge in [0, 0.05) is 0 Å². The van der Waals surface area contributed by atoms with Crippen LogP contribution in [0.1, 0.15) is 20.3 Å². The topological polar surface area (TPSA) is 182 Å². The first-order valence-electron chi connectivity index (χ1n) is 6.35. The molecule has 0 spiro atoms. The first-order valence-corrected chi connectivity index (χ1v) is 6.35. The van der Waals surface area contributed by atoms with Crippen molar-refractivity contribution < 1.29 is 40.2 Å². The molecule has 0 saturated carbocycles. The largest absolute Gasteiger partial charge is 0.480 e. The zero-order chi connectivity index (χ0) is 17.2. The number of aliphatic hydroxyl groups is 5. The maximum atomic E-state index is 10.1. The van der Waals surface area contributed by atoms with Crippen molar-refractivity contribution in [3.05, 3.63) is 0 Å². The van der Waals surface area contributed by atoms with Crippen LogP contribution < -0.4 is 5.73 Å². The number of hydrogen-bond acceptors (Lipinski definition) is 8. The van der Waals surface area contributed by atoms with Crippen LogP contribution >= 0.6 is 0 Å². The van der Waals surface area contributed by atoms with E-state index in [4.69, 9.17) is 36.4 Å². The van der Waals surface area contributed by atoms with Crippen molar-refractivity contribution in [1.29, 1.82) is 0 Å². The Labute approximate surface area is 122 Å². The van der Waals surface area contributed by atoms with Crippen molar-refractivity contribution in [3.63, 3.8) is 0 Å². The number of hydrogen-bond donors (Lipinski definition) is 7. The second-order valence-corrected chi connectivity index (χ2v) is 4.93. The molecule has 9 nitrogen and oxygen atoms in total. The van der Waals surface area contributed by atoms with Gasteiger partial charge in [-0.25, -0.2) is 0 Å². The van der Waals surface area contributed by atoms with Gasteiger partial charge in [0.2, 0.25) is 0 Å². The molecule has 0 fully saturated rings. The summed E-state index contributed by atoms with van der Waals surface area (Å²) in [5.74, 6) is -0.556. The third kappa shape index (κ3) is 10.3. The van der Waals surface area contributed by atoms with Gasteiger partial charge >= 0.3 is 5.97 Å². The minimum atomic E-state index is -1.79. The van der Waals surface area contributed by atoms with E-state index in [1.165, 1.54) is 0 Å². The lowest BCUT2D eigenvalue weighted by atomic mass is 10.0. The van der Waals surface area contributed by atoms with E-state index < -0.39 is 43.0 Å². The number of aliphatic hydroxyl groups excluding tert-OH is 5.